The maximum Gasteiger partial charge on any atom is 0.224 e. The van der Waals surface area contributed by atoms with Crippen molar-refractivity contribution in [2.75, 3.05) is 11.1 Å². The van der Waals surface area contributed by atoms with Crippen molar-refractivity contribution in [1.82, 2.24) is 0 Å². The van der Waals surface area contributed by atoms with Gasteiger partial charge in [0.25, 0.3) is 0 Å². The second kappa shape index (κ2) is 6.25. The van der Waals surface area contributed by atoms with Crippen LogP contribution in [-0.4, -0.2) is 5.91 Å². The molecule has 2 aromatic rings. The van der Waals surface area contributed by atoms with Crippen LogP contribution in [0.2, 0.25) is 5.02 Å². The van der Waals surface area contributed by atoms with Gasteiger partial charge in [0.05, 0.1) is 10.7 Å². The molecule has 2 aromatic carbocycles. The van der Waals surface area contributed by atoms with E-state index in [4.69, 9.17) is 17.3 Å². The van der Waals surface area contributed by atoms with Gasteiger partial charge in [-0.15, -0.1) is 0 Å². The Hall–Kier alpha value is -2.00. The first-order chi connectivity index (χ1) is 9.15. The summed E-state index contributed by atoms with van der Waals surface area (Å²) in [6, 6.07) is 14.9. The number of rotatable bonds is 4. The highest BCUT2D eigenvalue weighted by Gasteiger charge is 2.06. The maximum absolute atomic E-state index is 11.8. The molecule has 0 saturated carbocycles. The summed E-state index contributed by atoms with van der Waals surface area (Å²) < 4.78 is 0. The van der Waals surface area contributed by atoms with Crippen LogP contribution in [0.25, 0.3) is 0 Å². The van der Waals surface area contributed by atoms with Gasteiger partial charge in [-0.25, -0.2) is 0 Å². The smallest absolute Gasteiger partial charge is 0.224 e. The number of hydrogen-bond donors (Lipinski definition) is 2. The SMILES string of the molecule is Nc1ccc(NC(=O)CCc2ccccc2)c(Cl)c1. The molecule has 0 bridgehead atoms. The minimum atomic E-state index is -0.0597. The number of nitrogens with two attached hydrogens (primary N) is 1. The number of carbonyl (C=O) groups excluding carboxylic acids is 1. The Bertz CT molecular complexity index is 570. The van der Waals surface area contributed by atoms with Gasteiger partial charge in [-0.1, -0.05) is 41.9 Å². The van der Waals surface area contributed by atoms with E-state index in [9.17, 15) is 4.79 Å². The van der Waals surface area contributed by atoms with Gasteiger partial charge in [0.2, 0.25) is 5.91 Å². The van der Waals surface area contributed by atoms with Crippen LogP contribution in [0.4, 0.5) is 11.4 Å². The summed E-state index contributed by atoms with van der Waals surface area (Å²) in [6.45, 7) is 0. The Morgan fingerprint density at radius 3 is 2.58 bits per heavy atom. The van der Waals surface area contributed by atoms with Crippen LogP contribution >= 0.6 is 11.6 Å². The van der Waals surface area contributed by atoms with E-state index in [1.165, 1.54) is 0 Å². The maximum atomic E-state index is 11.8. The van der Waals surface area contributed by atoms with Crippen molar-refractivity contribution < 1.29 is 4.79 Å². The minimum absolute atomic E-state index is 0.0597. The van der Waals surface area contributed by atoms with Gasteiger partial charge >= 0.3 is 0 Å². The first-order valence-electron chi connectivity index (χ1n) is 6.04. The molecule has 0 aliphatic carbocycles. The van der Waals surface area contributed by atoms with Crippen LogP contribution < -0.4 is 11.1 Å². The fourth-order valence-corrected chi connectivity index (χ4v) is 1.98. The van der Waals surface area contributed by atoms with Gasteiger partial charge < -0.3 is 11.1 Å². The molecule has 2 rings (SSSR count). The Morgan fingerprint density at radius 2 is 1.89 bits per heavy atom. The number of amides is 1. The molecule has 0 spiro atoms. The molecule has 0 fully saturated rings. The molecular weight excluding hydrogens is 260 g/mol. The van der Waals surface area contributed by atoms with E-state index >= 15 is 0 Å². The molecule has 0 aliphatic rings. The first-order valence-corrected chi connectivity index (χ1v) is 6.42. The molecule has 0 unspecified atom stereocenters. The highest BCUT2D eigenvalue weighted by atomic mass is 35.5. The molecule has 0 aliphatic heterocycles. The average molecular weight is 275 g/mol. The Labute approximate surface area is 117 Å². The summed E-state index contributed by atoms with van der Waals surface area (Å²) in [5.74, 6) is -0.0597. The second-order valence-corrected chi connectivity index (χ2v) is 4.68. The number of benzene rings is 2. The van der Waals surface area contributed by atoms with Crippen LogP contribution in [0.5, 0.6) is 0 Å². The van der Waals surface area contributed by atoms with Crippen LogP contribution in [-0.2, 0) is 11.2 Å². The van der Waals surface area contributed by atoms with E-state index in [1.807, 2.05) is 30.3 Å². The van der Waals surface area contributed by atoms with E-state index < -0.39 is 0 Å². The zero-order chi connectivity index (χ0) is 13.7. The third kappa shape index (κ3) is 4.00. The predicted molar refractivity (Wildman–Crippen MR) is 79.3 cm³/mol. The zero-order valence-corrected chi connectivity index (χ0v) is 11.2. The number of nitrogen functional groups attached to an aromatic ring is 1. The van der Waals surface area contributed by atoms with Crippen molar-refractivity contribution in [3.8, 4) is 0 Å². The molecule has 0 aromatic heterocycles. The summed E-state index contributed by atoms with van der Waals surface area (Å²) >= 11 is 6.00. The Kier molecular flexibility index (Phi) is 4.42. The van der Waals surface area contributed by atoms with Crippen molar-refractivity contribution in [2.24, 2.45) is 0 Å². The summed E-state index contributed by atoms with van der Waals surface area (Å²) in [4.78, 5) is 11.8. The number of anilines is 2. The van der Waals surface area contributed by atoms with Crippen molar-refractivity contribution in [3.63, 3.8) is 0 Å². The summed E-state index contributed by atoms with van der Waals surface area (Å²) in [7, 11) is 0. The molecule has 0 saturated heterocycles. The Balaban J connectivity index is 1.91. The molecule has 3 N–H and O–H groups in total. The van der Waals surface area contributed by atoms with Crippen LogP contribution in [0.15, 0.2) is 48.5 Å². The van der Waals surface area contributed by atoms with Gasteiger partial charge in [-0.2, -0.15) is 0 Å². The lowest BCUT2D eigenvalue weighted by Gasteiger charge is -2.07. The number of aryl methyl sites for hydroxylation is 1. The summed E-state index contributed by atoms with van der Waals surface area (Å²) in [5, 5.41) is 3.23. The number of hydrogen-bond acceptors (Lipinski definition) is 2. The summed E-state index contributed by atoms with van der Waals surface area (Å²) in [6.07, 6.45) is 1.13. The Morgan fingerprint density at radius 1 is 1.16 bits per heavy atom. The number of halogens is 1. The van der Waals surface area contributed by atoms with E-state index in [-0.39, 0.29) is 5.91 Å². The largest absolute Gasteiger partial charge is 0.399 e. The van der Waals surface area contributed by atoms with Crippen LogP contribution in [0.1, 0.15) is 12.0 Å². The topological polar surface area (TPSA) is 55.1 Å². The van der Waals surface area contributed by atoms with E-state index in [0.29, 0.717) is 29.2 Å². The van der Waals surface area contributed by atoms with E-state index in [1.54, 1.807) is 18.2 Å². The molecule has 3 nitrogen and oxygen atoms in total. The quantitative estimate of drug-likeness (QED) is 0.839. The van der Waals surface area contributed by atoms with Gasteiger partial charge in [-0.05, 0) is 30.2 Å². The predicted octanol–water partition coefficient (Wildman–Crippen LogP) is 3.49. The molecule has 1 amide bonds. The molecular formula is C15H15ClN2O. The third-order valence-electron chi connectivity index (χ3n) is 2.75. The van der Waals surface area contributed by atoms with Crippen LogP contribution in [0.3, 0.4) is 0 Å². The van der Waals surface area contributed by atoms with Crippen molar-refractivity contribution in [1.29, 1.82) is 0 Å². The molecule has 0 radical (unpaired) electrons. The summed E-state index contributed by atoms with van der Waals surface area (Å²) in [5.41, 5.74) is 7.90. The van der Waals surface area contributed by atoms with Crippen LogP contribution in [0, 0.1) is 0 Å². The van der Waals surface area contributed by atoms with Crippen molar-refractivity contribution in [2.45, 2.75) is 12.8 Å². The first kappa shape index (κ1) is 13.4. The highest BCUT2D eigenvalue weighted by Crippen LogP contribution is 2.24. The molecule has 0 atom stereocenters. The lowest BCUT2D eigenvalue weighted by Crippen LogP contribution is -2.12. The van der Waals surface area contributed by atoms with E-state index in [0.717, 1.165) is 5.56 Å². The standard InChI is InChI=1S/C15H15ClN2O/c16-13-10-12(17)7-8-14(13)18-15(19)9-6-11-4-2-1-3-5-11/h1-5,7-8,10H,6,9,17H2,(H,18,19). The van der Waals surface area contributed by atoms with E-state index in [2.05, 4.69) is 5.32 Å². The fraction of sp³-hybridized carbons (Fsp3) is 0.133. The minimum Gasteiger partial charge on any atom is -0.399 e. The monoisotopic (exact) mass is 274 g/mol. The highest BCUT2D eigenvalue weighted by molar-refractivity contribution is 6.34. The van der Waals surface area contributed by atoms with Gasteiger partial charge in [0, 0.05) is 12.1 Å². The fourth-order valence-electron chi connectivity index (χ4n) is 1.75. The normalized spacial score (nSPS) is 10.2. The van der Waals surface area contributed by atoms with Gasteiger partial charge in [0.1, 0.15) is 0 Å². The third-order valence-corrected chi connectivity index (χ3v) is 3.06. The van der Waals surface area contributed by atoms with Crippen molar-refractivity contribution >= 4 is 28.9 Å². The second-order valence-electron chi connectivity index (χ2n) is 4.27. The lowest BCUT2D eigenvalue weighted by molar-refractivity contribution is -0.116. The molecule has 0 heterocycles. The van der Waals surface area contributed by atoms with Gasteiger partial charge in [-0.3, -0.25) is 4.79 Å². The zero-order valence-electron chi connectivity index (χ0n) is 10.4. The molecule has 4 heteroatoms. The van der Waals surface area contributed by atoms with Gasteiger partial charge in [0.15, 0.2) is 0 Å². The average Bonchev–Trinajstić information content (AvgIpc) is 2.41. The lowest BCUT2D eigenvalue weighted by atomic mass is 10.1. The number of carbonyl (C=O) groups is 1. The van der Waals surface area contributed by atoms with Crippen molar-refractivity contribution in [3.05, 3.63) is 59.1 Å². The molecule has 98 valence electrons. The molecule has 19 heavy (non-hydrogen) atoms. The number of nitrogens with one attached hydrogen (secondary N) is 1.